The van der Waals surface area contributed by atoms with Crippen LogP contribution in [-0.4, -0.2) is 21.7 Å². The second kappa shape index (κ2) is 6.40. The number of carbonyl (C=O) groups is 1. The van der Waals surface area contributed by atoms with Crippen molar-refractivity contribution in [2.45, 2.75) is 77.8 Å². The summed E-state index contributed by atoms with van der Waals surface area (Å²) in [6.07, 6.45) is 11.3. The number of hydrogen-bond donors (Lipinski definition) is 1. The van der Waals surface area contributed by atoms with Gasteiger partial charge >= 0.3 is 0 Å². The molecule has 1 aromatic rings. The number of amides is 1. The highest BCUT2D eigenvalue weighted by molar-refractivity contribution is 9.10. The van der Waals surface area contributed by atoms with Gasteiger partial charge < -0.3 is 5.32 Å². The van der Waals surface area contributed by atoms with Crippen molar-refractivity contribution in [1.82, 2.24) is 15.1 Å². The van der Waals surface area contributed by atoms with Crippen molar-refractivity contribution in [3.63, 3.8) is 0 Å². The van der Waals surface area contributed by atoms with E-state index in [0.717, 1.165) is 34.3 Å². The molecule has 1 heterocycles. The lowest BCUT2D eigenvalue weighted by molar-refractivity contribution is -0.129. The number of hydrogen-bond acceptors (Lipinski definition) is 2. The Morgan fingerprint density at radius 1 is 1.32 bits per heavy atom. The molecule has 4 bridgehead atoms. The highest BCUT2D eigenvalue weighted by Gasteiger charge is 2.54. The van der Waals surface area contributed by atoms with Crippen molar-refractivity contribution >= 4 is 21.8 Å². The minimum Gasteiger partial charge on any atom is -0.351 e. The minimum absolute atomic E-state index is 0.109. The van der Waals surface area contributed by atoms with Crippen LogP contribution >= 0.6 is 15.9 Å². The first-order valence-electron chi connectivity index (χ1n) is 9.92. The van der Waals surface area contributed by atoms with Crippen molar-refractivity contribution < 1.29 is 4.79 Å². The first kappa shape index (κ1) is 17.6. The number of rotatable bonds is 5. The van der Waals surface area contributed by atoms with Gasteiger partial charge in [0.15, 0.2) is 0 Å². The molecule has 4 nitrogen and oxygen atoms in total. The maximum atomic E-state index is 12.9. The Bertz CT molecular complexity index is 613. The summed E-state index contributed by atoms with van der Waals surface area (Å²) >= 11 is 3.49. The van der Waals surface area contributed by atoms with Crippen LogP contribution in [-0.2, 0) is 4.79 Å². The van der Waals surface area contributed by atoms with Gasteiger partial charge in [-0.05, 0) is 97.9 Å². The van der Waals surface area contributed by atoms with Crippen LogP contribution in [0.15, 0.2) is 10.7 Å². The zero-order chi connectivity index (χ0) is 17.8. The molecule has 4 aliphatic rings. The van der Waals surface area contributed by atoms with E-state index in [4.69, 9.17) is 0 Å². The number of carbonyl (C=O) groups excluding carboxylic acids is 1. The molecule has 4 fully saturated rings. The van der Waals surface area contributed by atoms with Gasteiger partial charge in [-0.15, -0.1) is 0 Å². The highest BCUT2D eigenvalue weighted by Crippen LogP contribution is 2.61. The van der Waals surface area contributed by atoms with Crippen molar-refractivity contribution in [3.05, 3.63) is 16.4 Å². The Hall–Kier alpha value is -0.840. The monoisotopic (exact) mass is 407 g/mol. The first-order chi connectivity index (χ1) is 11.9. The molecule has 0 radical (unpaired) electrons. The summed E-state index contributed by atoms with van der Waals surface area (Å²) in [6.45, 7) is 6.14. The summed E-state index contributed by atoms with van der Waals surface area (Å²) in [5.41, 5.74) is 1.28. The molecule has 0 aliphatic heterocycles. The van der Waals surface area contributed by atoms with E-state index in [1.165, 1.54) is 38.5 Å². The molecular formula is C20H30BrN3O. The summed E-state index contributed by atoms with van der Waals surface area (Å²) in [6, 6.07) is 0.0453. The van der Waals surface area contributed by atoms with Crippen LogP contribution < -0.4 is 5.32 Å². The second-order valence-electron chi connectivity index (χ2n) is 8.97. The van der Waals surface area contributed by atoms with Crippen LogP contribution in [0, 0.1) is 30.1 Å². The summed E-state index contributed by atoms with van der Waals surface area (Å²) in [7, 11) is 0. The van der Waals surface area contributed by atoms with Gasteiger partial charge in [-0.1, -0.05) is 6.92 Å². The lowest BCUT2D eigenvalue weighted by atomic mass is 9.47. The summed E-state index contributed by atoms with van der Waals surface area (Å²) in [5.74, 6) is 2.86. The summed E-state index contributed by atoms with van der Waals surface area (Å²) in [5, 5.41) is 7.90. The molecule has 138 valence electrons. The zero-order valence-corrected chi connectivity index (χ0v) is 17.2. The predicted molar refractivity (Wildman–Crippen MR) is 102 cm³/mol. The van der Waals surface area contributed by atoms with Crippen molar-refractivity contribution in [1.29, 1.82) is 0 Å². The lowest BCUT2D eigenvalue weighted by Crippen LogP contribution is -2.57. The molecule has 1 amide bonds. The second-order valence-corrected chi connectivity index (χ2v) is 9.82. The Balaban J connectivity index is 1.49. The normalized spacial score (nSPS) is 35.6. The van der Waals surface area contributed by atoms with Crippen LogP contribution in [0.3, 0.4) is 0 Å². The van der Waals surface area contributed by atoms with Crippen LogP contribution in [0.2, 0.25) is 0 Å². The molecule has 2 unspecified atom stereocenters. The summed E-state index contributed by atoms with van der Waals surface area (Å²) in [4.78, 5) is 12.9. The van der Waals surface area contributed by atoms with E-state index in [2.05, 4.69) is 33.3 Å². The molecule has 4 saturated carbocycles. The number of halogens is 1. The van der Waals surface area contributed by atoms with Gasteiger partial charge in [0.2, 0.25) is 5.91 Å². The van der Waals surface area contributed by atoms with Gasteiger partial charge in [0.1, 0.15) is 6.04 Å². The van der Waals surface area contributed by atoms with E-state index < -0.39 is 0 Å². The maximum Gasteiger partial charge on any atom is 0.244 e. The van der Waals surface area contributed by atoms with Gasteiger partial charge in [0.05, 0.1) is 10.2 Å². The molecule has 0 spiro atoms. The van der Waals surface area contributed by atoms with Gasteiger partial charge in [0, 0.05) is 12.2 Å². The molecule has 1 aromatic heterocycles. The van der Waals surface area contributed by atoms with Crippen LogP contribution in [0.25, 0.3) is 0 Å². The SMILES string of the molecule is CCC(NC(=O)C(C)n1cc(Br)c(C)n1)C12CC3CC(CC(C3)C1)C2. The Kier molecular flexibility index (Phi) is 4.50. The predicted octanol–water partition coefficient (Wildman–Crippen LogP) is 4.63. The van der Waals surface area contributed by atoms with Crippen LogP contribution in [0.4, 0.5) is 0 Å². The highest BCUT2D eigenvalue weighted by atomic mass is 79.9. The van der Waals surface area contributed by atoms with Crippen molar-refractivity contribution in [3.8, 4) is 0 Å². The molecule has 1 N–H and O–H groups in total. The third-order valence-electron chi connectivity index (χ3n) is 7.18. The van der Waals surface area contributed by atoms with E-state index in [9.17, 15) is 4.79 Å². The number of nitrogens with one attached hydrogen (secondary N) is 1. The van der Waals surface area contributed by atoms with Gasteiger partial charge in [-0.2, -0.15) is 5.10 Å². The molecular weight excluding hydrogens is 378 g/mol. The third kappa shape index (κ3) is 3.07. The van der Waals surface area contributed by atoms with Gasteiger partial charge in [0.25, 0.3) is 0 Å². The van der Waals surface area contributed by atoms with E-state index >= 15 is 0 Å². The molecule has 0 aromatic carbocycles. The fraction of sp³-hybridized carbons (Fsp3) is 0.800. The minimum atomic E-state index is -0.270. The third-order valence-corrected chi connectivity index (χ3v) is 7.96. The summed E-state index contributed by atoms with van der Waals surface area (Å²) < 4.78 is 2.74. The molecule has 4 aliphatic carbocycles. The van der Waals surface area contributed by atoms with Crippen molar-refractivity contribution in [2.75, 3.05) is 0 Å². The molecule has 25 heavy (non-hydrogen) atoms. The standard InChI is InChI=1S/C20H30BrN3O/c1-4-18(20-8-14-5-15(9-20)7-16(6-14)10-20)22-19(25)13(3)24-11-17(21)12(2)23-24/h11,13-16,18H,4-10H2,1-3H3,(H,22,25). The van der Waals surface area contributed by atoms with Gasteiger partial charge in [-0.3, -0.25) is 9.48 Å². The van der Waals surface area contributed by atoms with E-state index in [0.29, 0.717) is 11.5 Å². The van der Waals surface area contributed by atoms with Crippen molar-refractivity contribution in [2.24, 2.45) is 23.2 Å². The van der Waals surface area contributed by atoms with Crippen LogP contribution in [0.1, 0.15) is 70.5 Å². The average Bonchev–Trinajstić information content (AvgIpc) is 2.89. The Morgan fingerprint density at radius 3 is 2.32 bits per heavy atom. The Labute approximate surface area is 159 Å². The smallest absolute Gasteiger partial charge is 0.244 e. The Morgan fingerprint density at radius 2 is 1.88 bits per heavy atom. The molecule has 5 heteroatoms. The van der Waals surface area contributed by atoms with E-state index in [-0.39, 0.29) is 11.9 Å². The largest absolute Gasteiger partial charge is 0.351 e. The fourth-order valence-corrected chi connectivity index (χ4v) is 6.65. The topological polar surface area (TPSA) is 46.9 Å². The molecule has 5 rings (SSSR count). The number of aryl methyl sites for hydroxylation is 1. The van der Waals surface area contributed by atoms with Gasteiger partial charge in [-0.25, -0.2) is 0 Å². The van der Waals surface area contributed by atoms with E-state index in [1.54, 1.807) is 4.68 Å². The molecule has 0 saturated heterocycles. The fourth-order valence-electron chi connectivity index (χ4n) is 6.36. The number of nitrogens with zero attached hydrogens (tertiary/aromatic N) is 2. The zero-order valence-electron chi connectivity index (χ0n) is 15.6. The number of aromatic nitrogens is 2. The maximum absolute atomic E-state index is 12.9. The quantitative estimate of drug-likeness (QED) is 0.773. The van der Waals surface area contributed by atoms with Crippen LogP contribution in [0.5, 0.6) is 0 Å². The molecule has 2 atom stereocenters. The first-order valence-corrected chi connectivity index (χ1v) is 10.7. The van der Waals surface area contributed by atoms with E-state index in [1.807, 2.05) is 20.0 Å². The lowest BCUT2D eigenvalue weighted by Gasteiger charge is -2.59. The average molecular weight is 408 g/mol.